The quantitative estimate of drug-likeness (QED) is 0.679. The van der Waals surface area contributed by atoms with E-state index in [1.807, 2.05) is 31.2 Å². The highest BCUT2D eigenvalue weighted by molar-refractivity contribution is 5.79. The molecule has 0 radical (unpaired) electrons. The number of methoxy groups -OCH3 is 1. The van der Waals surface area contributed by atoms with Crippen molar-refractivity contribution in [3.05, 3.63) is 82.9 Å². The molecule has 1 N–H and O–H groups in total. The molecule has 0 spiro atoms. The van der Waals surface area contributed by atoms with Gasteiger partial charge in [0.15, 0.2) is 0 Å². The van der Waals surface area contributed by atoms with Crippen molar-refractivity contribution in [2.75, 3.05) is 13.7 Å². The van der Waals surface area contributed by atoms with E-state index in [0.29, 0.717) is 13.0 Å². The molecule has 148 valence electrons. The summed E-state index contributed by atoms with van der Waals surface area (Å²) in [6, 6.07) is 20.5. The van der Waals surface area contributed by atoms with E-state index in [2.05, 4.69) is 41.7 Å². The Hall–Kier alpha value is -3.27. The van der Waals surface area contributed by atoms with E-state index in [9.17, 15) is 4.79 Å². The molecule has 0 atom stereocenters. The summed E-state index contributed by atoms with van der Waals surface area (Å²) in [5, 5.41) is 3.01. The van der Waals surface area contributed by atoms with Crippen molar-refractivity contribution >= 4 is 5.91 Å². The fourth-order valence-corrected chi connectivity index (χ4v) is 3.61. The SMILES string of the molecule is COc1ccc(CC(=O)NCc2ccc(-c3ccc4c(c3)CCO4)cc2)c(C)c1. The maximum atomic E-state index is 12.3. The van der Waals surface area contributed by atoms with Gasteiger partial charge in [-0.15, -0.1) is 0 Å². The van der Waals surface area contributed by atoms with Crippen LogP contribution in [0.1, 0.15) is 22.3 Å². The predicted octanol–water partition coefficient (Wildman–Crippen LogP) is 4.46. The van der Waals surface area contributed by atoms with E-state index in [1.165, 1.54) is 16.7 Å². The van der Waals surface area contributed by atoms with E-state index in [4.69, 9.17) is 9.47 Å². The van der Waals surface area contributed by atoms with Crippen LogP contribution >= 0.6 is 0 Å². The number of benzene rings is 3. The topological polar surface area (TPSA) is 47.6 Å². The van der Waals surface area contributed by atoms with Crippen molar-refractivity contribution in [1.29, 1.82) is 0 Å². The minimum Gasteiger partial charge on any atom is -0.497 e. The average molecular weight is 387 g/mol. The first-order valence-corrected chi connectivity index (χ1v) is 9.87. The largest absolute Gasteiger partial charge is 0.497 e. The first kappa shape index (κ1) is 19.1. The van der Waals surface area contributed by atoms with Crippen molar-refractivity contribution in [2.45, 2.75) is 26.3 Å². The number of ether oxygens (including phenoxy) is 2. The lowest BCUT2D eigenvalue weighted by atomic mass is 10.0. The number of hydrogen-bond donors (Lipinski definition) is 1. The molecule has 0 saturated carbocycles. The monoisotopic (exact) mass is 387 g/mol. The first-order valence-electron chi connectivity index (χ1n) is 9.87. The number of amides is 1. The van der Waals surface area contributed by atoms with Gasteiger partial charge in [-0.05, 0) is 64.6 Å². The number of aryl methyl sites for hydroxylation is 1. The van der Waals surface area contributed by atoms with E-state index < -0.39 is 0 Å². The Morgan fingerprint density at radius 2 is 1.83 bits per heavy atom. The van der Waals surface area contributed by atoms with Gasteiger partial charge in [-0.1, -0.05) is 36.4 Å². The summed E-state index contributed by atoms with van der Waals surface area (Å²) >= 11 is 0. The second kappa shape index (κ2) is 8.39. The van der Waals surface area contributed by atoms with Crippen molar-refractivity contribution < 1.29 is 14.3 Å². The van der Waals surface area contributed by atoms with E-state index in [0.717, 1.165) is 41.2 Å². The van der Waals surface area contributed by atoms with Crippen molar-refractivity contribution in [3.63, 3.8) is 0 Å². The van der Waals surface area contributed by atoms with Gasteiger partial charge in [0, 0.05) is 13.0 Å². The van der Waals surface area contributed by atoms with Gasteiger partial charge >= 0.3 is 0 Å². The Balaban J connectivity index is 1.35. The molecular formula is C25H25NO3. The molecule has 1 heterocycles. The maximum absolute atomic E-state index is 12.3. The molecule has 0 saturated heterocycles. The van der Waals surface area contributed by atoms with Gasteiger partial charge in [-0.3, -0.25) is 4.79 Å². The molecule has 4 nitrogen and oxygen atoms in total. The van der Waals surface area contributed by atoms with Gasteiger partial charge in [0.05, 0.1) is 20.1 Å². The van der Waals surface area contributed by atoms with Crippen LogP contribution in [0.3, 0.4) is 0 Å². The Morgan fingerprint density at radius 1 is 1.03 bits per heavy atom. The molecule has 1 aliphatic rings. The van der Waals surface area contributed by atoms with E-state index >= 15 is 0 Å². The summed E-state index contributed by atoms with van der Waals surface area (Å²) in [5.74, 6) is 1.82. The van der Waals surface area contributed by atoms with Gasteiger partial charge in [-0.2, -0.15) is 0 Å². The number of hydrogen-bond acceptors (Lipinski definition) is 3. The lowest BCUT2D eigenvalue weighted by Crippen LogP contribution is -2.24. The normalized spacial score (nSPS) is 12.2. The summed E-state index contributed by atoms with van der Waals surface area (Å²) in [6.45, 7) is 3.29. The van der Waals surface area contributed by atoms with Crippen LogP contribution in [0.2, 0.25) is 0 Å². The summed E-state index contributed by atoms with van der Waals surface area (Å²) in [7, 11) is 1.64. The standard InChI is InChI=1S/C25H25NO3/c1-17-13-23(28-2)9-7-20(17)15-25(27)26-16-18-3-5-19(6-4-18)21-8-10-24-22(14-21)11-12-29-24/h3-10,13-14H,11-12,15-16H2,1-2H3,(H,26,27). The summed E-state index contributed by atoms with van der Waals surface area (Å²) in [4.78, 5) is 12.3. The van der Waals surface area contributed by atoms with Crippen LogP contribution in [0.15, 0.2) is 60.7 Å². The Kier molecular flexibility index (Phi) is 5.52. The van der Waals surface area contributed by atoms with Gasteiger partial charge < -0.3 is 14.8 Å². The van der Waals surface area contributed by atoms with Crippen LogP contribution in [0.25, 0.3) is 11.1 Å². The zero-order valence-electron chi connectivity index (χ0n) is 16.8. The number of carbonyl (C=O) groups excluding carboxylic acids is 1. The third kappa shape index (κ3) is 4.43. The highest BCUT2D eigenvalue weighted by Gasteiger charge is 2.12. The molecule has 1 aliphatic heterocycles. The van der Waals surface area contributed by atoms with Crippen molar-refractivity contribution in [2.24, 2.45) is 0 Å². The fraction of sp³-hybridized carbons (Fsp3) is 0.240. The Morgan fingerprint density at radius 3 is 2.59 bits per heavy atom. The molecule has 0 aliphatic carbocycles. The Labute approximate surface area is 171 Å². The second-order valence-electron chi connectivity index (χ2n) is 7.36. The van der Waals surface area contributed by atoms with Crippen LogP contribution in [0.4, 0.5) is 0 Å². The second-order valence-corrected chi connectivity index (χ2v) is 7.36. The first-order chi connectivity index (χ1) is 14.1. The molecule has 4 rings (SSSR count). The van der Waals surface area contributed by atoms with Crippen LogP contribution in [0, 0.1) is 6.92 Å². The molecule has 3 aromatic carbocycles. The van der Waals surface area contributed by atoms with Crippen molar-refractivity contribution in [3.8, 4) is 22.6 Å². The molecule has 0 bridgehead atoms. The third-order valence-corrected chi connectivity index (χ3v) is 5.37. The van der Waals surface area contributed by atoms with Crippen molar-refractivity contribution in [1.82, 2.24) is 5.32 Å². The zero-order valence-corrected chi connectivity index (χ0v) is 16.8. The third-order valence-electron chi connectivity index (χ3n) is 5.37. The maximum Gasteiger partial charge on any atom is 0.224 e. The fourth-order valence-electron chi connectivity index (χ4n) is 3.61. The molecular weight excluding hydrogens is 362 g/mol. The zero-order chi connectivity index (χ0) is 20.2. The minimum absolute atomic E-state index is 0.0148. The van der Waals surface area contributed by atoms with Gasteiger partial charge in [0.1, 0.15) is 11.5 Å². The number of nitrogens with one attached hydrogen (secondary N) is 1. The summed E-state index contributed by atoms with van der Waals surface area (Å²) in [6.07, 6.45) is 1.34. The number of carbonyl (C=O) groups is 1. The van der Waals surface area contributed by atoms with Gasteiger partial charge in [0.25, 0.3) is 0 Å². The predicted molar refractivity (Wildman–Crippen MR) is 114 cm³/mol. The van der Waals surface area contributed by atoms with Crippen LogP contribution in [0.5, 0.6) is 11.5 Å². The Bertz CT molecular complexity index is 1020. The molecule has 1 amide bonds. The molecule has 0 fully saturated rings. The van der Waals surface area contributed by atoms with Crippen LogP contribution in [-0.2, 0) is 24.2 Å². The number of fused-ring (bicyclic) bond motifs is 1. The summed E-state index contributed by atoms with van der Waals surface area (Å²) in [5.41, 5.74) is 6.79. The lowest BCUT2D eigenvalue weighted by molar-refractivity contribution is -0.120. The highest BCUT2D eigenvalue weighted by Crippen LogP contribution is 2.30. The van der Waals surface area contributed by atoms with Crippen LogP contribution in [-0.4, -0.2) is 19.6 Å². The lowest BCUT2D eigenvalue weighted by Gasteiger charge is -2.10. The molecule has 3 aromatic rings. The smallest absolute Gasteiger partial charge is 0.224 e. The molecule has 0 aromatic heterocycles. The van der Waals surface area contributed by atoms with Gasteiger partial charge in [0.2, 0.25) is 5.91 Å². The molecule has 29 heavy (non-hydrogen) atoms. The summed E-state index contributed by atoms with van der Waals surface area (Å²) < 4.78 is 10.8. The number of rotatable bonds is 6. The average Bonchev–Trinajstić information content (AvgIpc) is 3.22. The van der Waals surface area contributed by atoms with Gasteiger partial charge in [-0.25, -0.2) is 0 Å². The van der Waals surface area contributed by atoms with Crippen LogP contribution < -0.4 is 14.8 Å². The van der Waals surface area contributed by atoms with E-state index in [1.54, 1.807) is 7.11 Å². The minimum atomic E-state index is 0.0148. The van der Waals surface area contributed by atoms with E-state index in [-0.39, 0.29) is 5.91 Å². The molecule has 4 heteroatoms. The highest BCUT2D eigenvalue weighted by atomic mass is 16.5. The molecule has 0 unspecified atom stereocenters.